The average molecular weight is 716 g/mol. The first-order chi connectivity index (χ1) is 27.8. The van der Waals surface area contributed by atoms with Crippen LogP contribution in [0.3, 0.4) is 0 Å². The van der Waals surface area contributed by atoms with E-state index in [-0.39, 0.29) is 0 Å². The first kappa shape index (κ1) is 31.9. The maximum Gasteiger partial charge on any atom is 0.164 e. The van der Waals surface area contributed by atoms with Gasteiger partial charge in [-0.25, -0.2) is 15.0 Å². The third-order valence-electron chi connectivity index (χ3n) is 10.8. The van der Waals surface area contributed by atoms with Crippen LogP contribution in [0.1, 0.15) is 0 Å². The smallest absolute Gasteiger partial charge is 0.164 e. The molecule has 3 aromatic heterocycles. The van der Waals surface area contributed by atoms with E-state index in [4.69, 9.17) is 15.0 Å². The van der Waals surface area contributed by atoms with Crippen molar-refractivity contribution < 1.29 is 0 Å². The predicted octanol–water partition coefficient (Wildman–Crippen LogP) is 12.7. The second-order valence-corrected chi connectivity index (χ2v) is 14.1. The summed E-state index contributed by atoms with van der Waals surface area (Å²) in [5.41, 5.74) is 11.9. The second kappa shape index (κ2) is 13.0. The summed E-state index contributed by atoms with van der Waals surface area (Å²) in [7, 11) is 0. The Hall–Kier alpha value is -7.63. The van der Waals surface area contributed by atoms with Gasteiger partial charge in [0.05, 0.1) is 27.8 Å². The molecule has 0 bridgehead atoms. The van der Waals surface area contributed by atoms with Gasteiger partial charge in [0, 0.05) is 43.9 Å². The monoisotopic (exact) mass is 715 g/mol. The van der Waals surface area contributed by atoms with Gasteiger partial charge < -0.3 is 9.13 Å². The van der Waals surface area contributed by atoms with Crippen LogP contribution in [0, 0.1) is 0 Å². The van der Waals surface area contributed by atoms with Crippen molar-refractivity contribution in [2.24, 2.45) is 0 Å². The number of hydrogen-bond acceptors (Lipinski definition) is 3. The van der Waals surface area contributed by atoms with Crippen molar-refractivity contribution in [1.82, 2.24) is 24.1 Å². The third kappa shape index (κ3) is 5.21. The molecule has 0 saturated carbocycles. The lowest BCUT2D eigenvalue weighted by Crippen LogP contribution is -2.01. The molecule has 5 heteroatoms. The first-order valence-electron chi connectivity index (χ1n) is 18.9. The van der Waals surface area contributed by atoms with Gasteiger partial charge >= 0.3 is 0 Å². The predicted molar refractivity (Wildman–Crippen MR) is 230 cm³/mol. The SMILES string of the molecule is c1ccc(-c2ccc(-c3nc(-c4ccccc4)nc(-c4ccc5c(c4)c4cccc(-n6c7ccccc7c7ccccc76)c4n5-c4ccccc4)n3)cc2)cc1. The molecular weight excluding hydrogens is 683 g/mol. The Labute approximate surface area is 323 Å². The molecule has 0 aliphatic rings. The summed E-state index contributed by atoms with van der Waals surface area (Å²) in [5.74, 6) is 1.90. The molecule has 11 aromatic rings. The van der Waals surface area contributed by atoms with Crippen LogP contribution in [0.2, 0.25) is 0 Å². The van der Waals surface area contributed by atoms with Crippen molar-refractivity contribution in [3.8, 4) is 56.7 Å². The van der Waals surface area contributed by atoms with E-state index in [2.05, 4.69) is 173 Å². The Balaban J connectivity index is 1.14. The minimum absolute atomic E-state index is 0.627. The molecule has 56 heavy (non-hydrogen) atoms. The highest BCUT2D eigenvalue weighted by atomic mass is 15.1. The van der Waals surface area contributed by atoms with Gasteiger partial charge in [-0.1, -0.05) is 152 Å². The fourth-order valence-electron chi connectivity index (χ4n) is 8.19. The Morgan fingerprint density at radius 2 is 0.732 bits per heavy atom. The maximum absolute atomic E-state index is 5.15. The summed E-state index contributed by atoms with van der Waals surface area (Å²) < 4.78 is 4.82. The van der Waals surface area contributed by atoms with Gasteiger partial charge in [-0.15, -0.1) is 0 Å². The van der Waals surface area contributed by atoms with E-state index in [1.165, 1.54) is 27.4 Å². The molecule has 0 saturated heterocycles. The number of hydrogen-bond donors (Lipinski definition) is 0. The quantitative estimate of drug-likeness (QED) is 0.172. The Kier molecular flexibility index (Phi) is 7.42. The van der Waals surface area contributed by atoms with Gasteiger partial charge in [0.15, 0.2) is 17.5 Å². The van der Waals surface area contributed by atoms with Crippen molar-refractivity contribution in [2.45, 2.75) is 0 Å². The number of benzene rings is 8. The van der Waals surface area contributed by atoms with Crippen LogP contribution in [-0.4, -0.2) is 24.1 Å². The number of rotatable bonds is 6. The molecule has 0 aliphatic heterocycles. The molecular formula is C51H33N5. The molecule has 0 amide bonds. The topological polar surface area (TPSA) is 48.5 Å². The van der Waals surface area contributed by atoms with Crippen molar-refractivity contribution >= 4 is 43.6 Å². The minimum Gasteiger partial charge on any atom is -0.307 e. The Morgan fingerprint density at radius 3 is 1.38 bits per heavy atom. The number of fused-ring (bicyclic) bond motifs is 6. The molecule has 11 rings (SSSR count). The molecule has 0 aliphatic carbocycles. The van der Waals surface area contributed by atoms with Crippen LogP contribution in [-0.2, 0) is 0 Å². The zero-order valence-electron chi connectivity index (χ0n) is 30.3. The van der Waals surface area contributed by atoms with Gasteiger partial charge in [0.1, 0.15) is 0 Å². The van der Waals surface area contributed by atoms with Gasteiger partial charge in [0.25, 0.3) is 0 Å². The summed E-state index contributed by atoms with van der Waals surface area (Å²) in [6.07, 6.45) is 0. The largest absolute Gasteiger partial charge is 0.307 e. The Bertz CT molecular complexity index is 3170. The van der Waals surface area contributed by atoms with Gasteiger partial charge in [0.2, 0.25) is 0 Å². The van der Waals surface area contributed by atoms with E-state index in [9.17, 15) is 0 Å². The molecule has 0 radical (unpaired) electrons. The highest BCUT2D eigenvalue weighted by Crippen LogP contribution is 2.40. The van der Waals surface area contributed by atoms with Crippen LogP contribution < -0.4 is 0 Å². The van der Waals surface area contributed by atoms with E-state index >= 15 is 0 Å². The molecule has 0 fully saturated rings. The zero-order chi connectivity index (χ0) is 37.0. The van der Waals surface area contributed by atoms with Crippen LogP contribution >= 0.6 is 0 Å². The third-order valence-corrected chi connectivity index (χ3v) is 10.8. The summed E-state index contributed by atoms with van der Waals surface area (Å²) in [4.78, 5) is 15.3. The molecule has 3 heterocycles. The second-order valence-electron chi connectivity index (χ2n) is 14.1. The number of para-hydroxylation sites is 4. The van der Waals surface area contributed by atoms with Crippen molar-refractivity contribution in [1.29, 1.82) is 0 Å². The number of aromatic nitrogens is 5. The van der Waals surface area contributed by atoms with Crippen molar-refractivity contribution in [3.05, 3.63) is 200 Å². The van der Waals surface area contributed by atoms with E-state index in [0.29, 0.717) is 17.5 Å². The highest BCUT2D eigenvalue weighted by Gasteiger charge is 2.21. The zero-order valence-corrected chi connectivity index (χ0v) is 30.3. The van der Waals surface area contributed by atoms with Crippen molar-refractivity contribution in [3.63, 3.8) is 0 Å². The van der Waals surface area contributed by atoms with E-state index in [1.807, 2.05) is 36.4 Å². The van der Waals surface area contributed by atoms with E-state index < -0.39 is 0 Å². The molecule has 0 atom stereocenters. The fourth-order valence-corrected chi connectivity index (χ4v) is 8.19. The van der Waals surface area contributed by atoms with E-state index in [0.717, 1.165) is 55.4 Å². The van der Waals surface area contributed by atoms with Crippen LogP contribution in [0.25, 0.3) is 100 Å². The lowest BCUT2D eigenvalue weighted by molar-refractivity contribution is 1.07. The maximum atomic E-state index is 5.15. The lowest BCUT2D eigenvalue weighted by Gasteiger charge is -2.14. The highest BCUT2D eigenvalue weighted by molar-refractivity contribution is 6.15. The average Bonchev–Trinajstić information content (AvgIpc) is 3.80. The van der Waals surface area contributed by atoms with Crippen LogP contribution in [0.5, 0.6) is 0 Å². The van der Waals surface area contributed by atoms with Gasteiger partial charge in [-0.2, -0.15) is 0 Å². The molecule has 0 spiro atoms. The van der Waals surface area contributed by atoms with Gasteiger partial charge in [-0.05, 0) is 59.7 Å². The first-order valence-corrected chi connectivity index (χ1v) is 18.9. The van der Waals surface area contributed by atoms with Crippen molar-refractivity contribution in [2.75, 3.05) is 0 Å². The molecule has 8 aromatic carbocycles. The fraction of sp³-hybridized carbons (Fsp3) is 0. The van der Waals surface area contributed by atoms with Crippen LogP contribution in [0.15, 0.2) is 200 Å². The molecule has 262 valence electrons. The standard InChI is InChI=1S/C51H33N5/c1-4-15-34(16-5-1)35-27-29-37(30-28-35)50-52-49(36-17-6-2-7-18-36)53-51(54-50)38-31-32-46-43(33-38)42-23-14-26-47(48(42)55(46)39-19-8-3-9-20-39)56-44-24-12-10-21-40(44)41-22-11-13-25-45(41)56/h1-33H. The molecule has 0 N–H and O–H groups in total. The summed E-state index contributed by atoms with van der Waals surface area (Å²) >= 11 is 0. The summed E-state index contributed by atoms with van der Waals surface area (Å²) in [6.45, 7) is 0. The minimum atomic E-state index is 0.627. The number of nitrogens with zero attached hydrogens (tertiary/aromatic N) is 5. The van der Waals surface area contributed by atoms with Crippen LogP contribution in [0.4, 0.5) is 0 Å². The molecule has 5 nitrogen and oxygen atoms in total. The van der Waals surface area contributed by atoms with E-state index in [1.54, 1.807) is 0 Å². The van der Waals surface area contributed by atoms with Gasteiger partial charge in [-0.3, -0.25) is 0 Å². The molecule has 0 unspecified atom stereocenters. The lowest BCUT2D eigenvalue weighted by atomic mass is 10.0. The summed E-state index contributed by atoms with van der Waals surface area (Å²) in [6, 6.07) is 70.3. The Morgan fingerprint density at radius 1 is 0.286 bits per heavy atom. The normalized spacial score (nSPS) is 11.6. The summed E-state index contributed by atoms with van der Waals surface area (Å²) in [5, 5.41) is 4.75.